The third-order valence-electron chi connectivity index (χ3n) is 3.43. The Bertz CT molecular complexity index is 399. The quantitative estimate of drug-likeness (QED) is 0.779. The summed E-state index contributed by atoms with van der Waals surface area (Å²) < 4.78 is 6.01. The maximum Gasteiger partial charge on any atom is 0.131 e. The van der Waals surface area contributed by atoms with E-state index in [1.807, 2.05) is 0 Å². The van der Waals surface area contributed by atoms with Gasteiger partial charge in [-0.05, 0) is 43.1 Å². The lowest BCUT2D eigenvalue weighted by Crippen LogP contribution is -2.61. The lowest BCUT2D eigenvalue weighted by atomic mass is 9.98. The molecule has 1 fully saturated rings. The first-order valence-corrected chi connectivity index (χ1v) is 5.97. The zero-order valence-electron chi connectivity index (χ0n) is 9.68. The van der Waals surface area contributed by atoms with E-state index in [9.17, 15) is 0 Å². The zero-order valence-corrected chi connectivity index (χ0v) is 9.68. The number of fused-ring (bicyclic) bond motifs is 1. The molecule has 1 aromatic rings. The van der Waals surface area contributed by atoms with Crippen LogP contribution in [0.4, 0.5) is 0 Å². The van der Waals surface area contributed by atoms with Crippen LogP contribution in [0.15, 0.2) is 18.2 Å². The van der Waals surface area contributed by atoms with E-state index < -0.39 is 0 Å². The molecule has 2 N–H and O–H groups in total. The average Bonchev–Trinajstić information content (AvgIpc) is 2.27. The zero-order chi connectivity index (χ0) is 11.0. The summed E-state index contributed by atoms with van der Waals surface area (Å²) in [7, 11) is 0. The van der Waals surface area contributed by atoms with Crippen LogP contribution in [-0.2, 0) is 13.0 Å². The number of rotatable bonds is 2. The highest BCUT2D eigenvalue weighted by Crippen LogP contribution is 2.25. The second-order valence-electron chi connectivity index (χ2n) is 5.01. The fraction of sp³-hybridized carbons (Fsp3) is 0.538. The van der Waals surface area contributed by atoms with Gasteiger partial charge in [-0.15, -0.1) is 0 Å². The van der Waals surface area contributed by atoms with Crippen LogP contribution in [-0.4, -0.2) is 25.2 Å². The summed E-state index contributed by atoms with van der Waals surface area (Å²) in [5, 5.41) is 6.64. The van der Waals surface area contributed by atoms with Gasteiger partial charge in [-0.25, -0.2) is 0 Å². The highest BCUT2D eigenvalue weighted by atomic mass is 16.5. The predicted octanol–water partition coefficient (Wildman–Crippen LogP) is 1.07. The first-order chi connectivity index (χ1) is 7.75. The van der Waals surface area contributed by atoms with E-state index in [2.05, 4.69) is 35.8 Å². The molecule has 3 heteroatoms. The number of hydrogen-bond donors (Lipinski definition) is 2. The van der Waals surface area contributed by atoms with Crippen LogP contribution in [0.1, 0.15) is 18.1 Å². The average molecular weight is 218 g/mol. The van der Waals surface area contributed by atoms with Gasteiger partial charge in [0.25, 0.3) is 0 Å². The molecule has 0 bridgehead atoms. The van der Waals surface area contributed by atoms with Gasteiger partial charge in [-0.3, -0.25) is 0 Å². The molecule has 0 radical (unpaired) electrons. The van der Waals surface area contributed by atoms with Crippen LogP contribution in [0.5, 0.6) is 5.75 Å². The van der Waals surface area contributed by atoms with Crippen LogP contribution in [0.25, 0.3) is 0 Å². The van der Waals surface area contributed by atoms with E-state index in [1.165, 1.54) is 11.1 Å². The molecule has 0 atom stereocenters. The van der Waals surface area contributed by atoms with Crippen molar-refractivity contribution < 1.29 is 4.74 Å². The van der Waals surface area contributed by atoms with Crippen molar-refractivity contribution in [2.24, 2.45) is 0 Å². The van der Waals surface area contributed by atoms with E-state index in [0.717, 1.165) is 38.3 Å². The first-order valence-electron chi connectivity index (χ1n) is 5.97. The summed E-state index contributed by atoms with van der Waals surface area (Å²) >= 11 is 0. The van der Waals surface area contributed by atoms with E-state index in [4.69, 9.17) is 4.74 Å². The Morgan fingerprint density at radius 2 is 2.06 bits per heavy atom. The van der Waals surface area contributed by atoms with Gasteiger partial charge >= 0.3 is 0 Å². The minimum Gasteiger partial charge on any atom is -0.485 e. The minimum absolute atomic E-state index is 0.00364. The highest BCUT2D eigenvalue weighted by molar-refractivity contribution is 5.37. The van der Waals surface area contributed by atoms with Gasteiger partial charge in [0.15, 0.2) is 0 Å². The van der Waals surface area contributed by atoms with Crippen LogP contribution in [0.3, 0.4) is 0 Å². The molecule has 0 saturated carbocycles. The van der Waals surface area contributed by atoms with Crippen LogP contribution < -0.4 is 15.4 Å². The van der Waals surface area contributed by atoms with E-state index >= 15 is 0 Å². The van der Waals surface area contributed by atoms with Crippen molar-refractivity contribution in [1.82, 2.24) is 10.6 Å². The molecule has 2 aliphatic rings. The minimum atomic E-state index is -0.00364. The van der Waals surface area contributed by atoms with Crippen molar-refractivity contribution in [1.29, 1.82) is 0 Å². The Labute approximate surface area is 96.2 Å². The Balaban J connectivity index is 1.80. The summed E-state index contributed by atoms with van der Waals surface area (Å²) in [5.41, 5.74) is 2.85. The molecular weight excluding hydrogens is 200 g/mol. The Morgan fingerprint density at radius 1 is 1.19 bits per heavy atom. The van der Waals surface area contributed by atoms with Crippen LogP contribution in [0.2, 0.25) is 0 Å². The number of ether oxygens (including phenoxy) is 1. The van der Waals surface area contributed by atoms with E-state index in [0.29, 0.717) is 0 Å². The fourth-order valence-electron chi connectivity index (χ4n) is 2.35. The van der Waals surface area contributed by atoms with Gasteiger partial charge in [0.2, 0.25) is 0 Å². The van der Waals surface area contributed by atoms with Gasteiger partial charge in [0.1, 0.15) is 11.4 Å². The second kappa shape index (κ2) is 3.75. The van der Waals surface area contributed by atoms with Crippen molar-refractivity contribution in [3.63, 3.8) is 0 Å². The standard InChI is InChI=1S/C13H18N2O/c1-13(8-15-9-13)16-12-3-2-10-4-5-14-7-11(10)6-12/h2-3,6,14-15H,4-5,7-9H2,1H3. The van der Waals surface area contributed by atoms with Crippen molar-refractivity contribution in [2.75, 3.05) is 19.6 Å². The van der Waals surface area contributed by atoms with E-state index in [1.54, 1.807) is 0 Å². The summed E-state index contributed by atoms with van der Waals surface area (Å²) in [5.74, 6) is 1.01. The van der Waals surface area contributed by atoms with Gasteiger partial charge in [-0.2, -0.15) is 0 Å². The Morgan fingerprint density at radius 3 is 2.81 bits per heavy atom. The molecule has 0 aromatic heterocycles. The molecule has 1 aromatic carbocycles. The Kier molecular flexibility index (Phi) is 2.37. The molecule has 2 aliphatic heterocycles. The van der Waals surface area contributed by atoms with Crippen molar-refractivity contribution >= 4 is 0 Å². The third kappa shape index (κ3) is 1.81. The summed E-state index contributed by atoms with van der Waals surface area (Å²) in [6.07, 6.45) is 1.13. The van der Waals surface area contributed by atoms with E-state index in [-0.39, 0.29) is 5.60 Å². The van der Waals surface area contributed by atoms with Crippen molar-refractivity contribution in [3.05, 3.63) is 29.3 Å². The predicted molar refractivity (Wildman–Crippen MR) is 63.8 cm³/mol. The monoisotopic (exact) mass is 218 g/mol. The molecule has 3 nitrogen and oxygen atoms in total. The van der Waals surface area contributed by atoms with Crippen LogP contribution in [0, 0.1) is 0 Å². The normalized spacial score (nSPS) is 22.1. The van der Waals surface area contributed by atoms with Gasteiger partial charge in [-0.1, -0.05) is 6.07 Å². The second-order valence-corrected chi connectivity index (χ2v) is 5.01. The Hall–Kier alpha value is -1.06. The molecule has 3 rings (SSSR count). The molecule has 2 heterocycles. The lowest BCUT2D eigenvalue weighted by molar-refractivity contribution is 0.0348. The summed E-state index contributed by atoms with van der Waals surface area (Å²) in [6.45, 7) is 6.11. The topological polar surface area (TPSA) is 33.3 Å². The van der Waals surface area contributed by atoms with Crippen molar-refractivity contribution in [3.8, 4) is 5.75 Å². The number of hydrogen-bond acceptors (Lipinski definition) is 3. The molecule has 86 valence electrons. The third-order valence-corrected chi connectivity index (χ3v) is 3.43. The summed E-state index contributed by atoms with van der Waals surface area (Å²) in [6, 6.07) is 6.50. The van der Waals surface area contributed by atoms with Gasteiger partial charge < -0.3 is 15.4 Å². The maximum atomic E-state index is 6.01. The number of nitrogens with one attached hydrogen (secondary N) is 2. The van der Waals surface area contributed by atoms with Crippen molar-refractivity contribution in [2.45, 2.75) is 25.5 Å². The van der Waals surface area contributed by atoms with Gasteiger partial charge in [0.05, 0.1) is 0 Å². The maximum absolute atomic E-state index is 6.01. The number of benzene rings is 1. The SMILES string of the molecule is CC1(Oc2ccc3c(c2)CNCC3)CNC1. The van der Waals surface area contributed by atoms with Gasteiger partial charge in [0, 0.05) is 19.6 Å². The largest absolute Gasteiger partial charge is 0.485 e. The molecule has 0 spiro atoms. The first kappa shape index (κ1) is 10.1. The molecule has 0 amide bonds. The lowest BCUT2D eigenvalue weighted by Gasteiger charge is -2.39. The molecule has 1 saturated heterocycles. The van der Waals surface area contributed by atoms with Crippen LogP contribution >= 0.6 is 0 Å². The molecule has 0 aliphatic carbocycles. The molecular formula is C13H18N2O. The molecule has 16 heavy (non-hydrogen) atoms. The summed E-state index contributed by atoms with van der Waals surface area (Å²) in [4.78, 5) is 0. The smallest absolute Gasteiger partial charge is 0.131 e. The highest BCUT2D eigenvalue weighted by Gasteiger charge is 2.33. The molecule has 0 unspecified atom stereocenters. The fourth-order valence-corrected chi connectivity index (χ4v) is 2.35.